The highest BCUT2D eigenvalue weighted by Gasteiger charge is 2.26. The van der Waals surface area contributed by atoms with E-state index in [0.717, 1.165) is 12.0 Å². The van der Waals surface area contributed by atoms with Crippen LogP contribution >= 0.6 is 11.6 Å². The van der Waals surface area contributed by atoms with Gasteiger partial charge in [-0.25, -0.2) is 18.0 Å². The number of carbonyl (C=O) groups excluding carboxylic acids is 2. The maximum atomic E-state index is 14.0. The van der Waals surface area contributed by atoms with Crippen molar-refractivity contribution in [1.29, 1.82) is 0 Å². The van der Waals surface area contributed by atoms with E-state index in [1.54, 1.807) is 35.2 Å². The molecule has 0 bridgehead atoms. The van der Waals surface area contributed by atoms with Crippen molar-refractivity contribution < 1.29 is 22.8 Å². The highest BCUT2D eigenvalue weighted by molar-refractivity contribution is 6.31. The molecule has 1 heterocycles. The van der Waals surface area contributed by atoms with Crippen LogP contribution in [-0.4, -0.2) is 29.9 Å². The minimum atomic E-state index is -1.40. The minimum Gasteiger partial charge on any atom is -0.340 e. The number of halogens is 4. The van der Waals surface area contributed by atoms with E-state index in [1.165, 1.54) is 0 Å². The fraction of sp³-hybridized carbons (Fsp3) is 0.263. The van der Waals surface area contributed by atoms with Crippen LogP contribution in [0.5, 0.6) is 0 Å². The van der Waals surface area contributed by atoms with Crippen molar-refractivity contribution in [3.8, 4) is 0 Å². The lowest BCUT2D eigenvalue weighted by atomic mass is 10.1. The van der Waals surface area contributed by atoms with E-state index in [-0.39, 0.29) is 12.5 Å². The van der Waals surface area contributed by atoms with Crippen LogP contribution in [0, 0.1) is 17.5 Å². The molecule has 3 rings (SSSR count). The molecule has 1 fully saturated rings. The number of nitrogens with zero attached hydrogens (tertiary/aromatic N) is 1. The van der Waals surface area contributed by atoms with E-state index < -0.39 is 40.2 Å². The van der Waals surface area contributed by atoms with Crippen molar-refractivity contribution in [2.24, 2.45) is 0 Å². The summed E-state index contributed by atoms with van der Waals surface area (Å²) in [6.45, 7) is 0.785. The zero-order valence-corrected chi connectivity index (χ0v) is 15.4. The number of hydrogen-bond acceptors (Lipinski definition) is 2. The molecule has 0 aromatic heterocycles. The third-order valence-electron chi connectivity index (χ3n) is 4.43. The summed E-state index contributed by atoms with van der Waals surface area (Å²) in [6, 6.07) is 7.74. The van der Waals surface area contributed by atoms with Crippen LogP contribution in [0.4, 0.5) is 23.7 Å². The van der Waals surface area contributed by atoms with Gasteiger partial charge in [-0.05, 0) is 12.0 Å². The maximum Gasteiger partial charge on any atom is 0.319 e. The van der Waals surface area contributed by atoms with Crippen LogP contribution in [0.2, 0.25) is 5.02 Å². The Morgan fingerprint density at radius 1 is 1.18 bits per heavy atom. The normalized spacial score (nSPS) is 14.9. The predicted molar refractivity (Wildman–Crippen MR) is 98.5 cm³/mol. The van der Waals surface area contributed by atoms with Gasteiger partial charge in [0.05, 0.1) is 6.04 Å². The Labute approximate surface area is 164 Å². The van der Waals surface area contributed by atoms with Gasteiger partial charge in [-0.3, -0.25) is 4.79 Å². The molecule has 0 radical (unpaired) electrons. The first kappa shape index (κ1) is 20.0. The number of rotatable bonds is 5. The minimum absolute atomic E-state index is 0.0226. The fourth-order valence-electron chi connectivity index (χ4n) is 3.03. The van der Waals surface area contributed by atoms with Crippen molar-refractivity contribution in [3.05, 3.63) is 64.4 Å². The first-order valence-corrected chi connectivity index (χ1v) is 8.98. The largest absolute Gasteiger partial charge is 0.340 e. The van der Waals surface area contributed by atoms with Gasteiger partial charge in [-0.2, -0.15) is 0 Å². The third kappa shape index (κ3) is 4.39. The number of amides is 3. The molecule has 5 nitrogen and oxygen atoms in total. The van der Waals surface area contributed by atoms with E-state index in [0.29, 0.717) is 19.0 Å². The van der Waals surface area contributed by atoms with Gasteiger partial charge in [0.25, 0.3) is 0 Å². The Kier molecular flexibility index (Phi) is 6.08. The van der Waals surface area contributed by atoms with Gasteiger partial charge in [0.1, 0.15) is 16.5 Å². The molecule has 1 atom stereocenters. The lowest BCUT2D eigenvalue weighted by molar-refractivity contribution is -0.128. The molecule has 9 heteroatoms. The fourth-order valence-corrected chi connectivity index (χ4v) is 3.17. The van der Waals surface area contributed by atoms with Crippen LogP contribution in [-0.2, 0) is 4.79 Å². The van der Waals surface area contributed by atoms with Crippen molar-refractivity contribution in [1.82, 2.24) is 10.2 Å². The number of anilines is 1. The maximum absolute atomic E-state index is 14.0. The second kappa shape index (κ2) is 8.52. The molecule has 0 aliphatic carbocycles. The summed E-state index contributed by atoms with van der Waals surface area (Å²) in [5, 5.41) is 3.71. The van der Waals surface area contributed by atoms with E-state index in [1.807, 2.05) is 5.32 Å². The lowest BCUT2D eigenvalue weighted by Gasteiger charge is -2.25. The Balaban J connectivity index is 1.78. The molecule has 0 saturated carbocycles. The zero-order valence-electron chi connectivity index (χ0n) is 14.6. The van der Waals surface area contributed by atoms with Crippen molar-refractivity contribution in [2.75, 3.05) is 18.4 Å². The van der Waals surface area contributed by atoms with Crippen molar-refractivity contribution in [3.63, 3.8) is 0 Å². The van der Waals surface area contributed by atoms with Crippen LogP contribution < -0.4 is 10.6 Å². The molecule has 28 heavy (non-hydrogen) atoms. The Morgan fingerprint density at radius 2 is 1.89 bits per heavy atom. The summed E-state index contributed by atoms with van der Waals surface area (Å²) >= 11 is 5.44. The Hall–Kier alpha value is -2.74. The summed E-state index contributed by atoms with van der Waals surface area (Å²) in [5.41, 5.74) is -0.136. The van der Waals surface area contributed by atoms with E-state index >= 15 is 0 Å². The van der Waals surface area contributed by atoms with E-state index in [9.17, 15) is 22.8 Å². The molecular formula is C19H17ClF3N3O2. The molecule has 1 aliphatic rings. The molecule has 2 aromatic carbocycles. The summed E-state index contributed by atoms with van der Waals surface area (Å²) < 4.78 is 41.1. The highest BCUT2D eigenvalue weighted by atomic mass is 35.5. The molecule has 1 aliphatic heterocycles. The predicted octanol–water partition coefficient (Wildman–Crippen LogP) is 4.24. The van der Waals surface area contributed by atoms with Gasteiger partial charge < -0.3 is 15.5 Å². The van der Waals surface area contributed by atoms with Crippen molar-refractivity contribution >= 4 is 29.2 Å². The number of urea groups is 1. The molecule has 1 unspecified atom stereocenters. The summed E-state index contributed by atoms with van der Waals surface area (Å²) in [6.07, 6.45) is 1.18. The topological polar surface area (TPSA) is 61.4 Å². The Bertz CT molecular complexity index is 896. The molecule has 148 valence electrons. The van der Waals surface area contributed by atoms with E-state index in [4.69, 9.17) is 11.6 Å². The van der Waals surface area contributed by atoms with Gasteiger partial charge in [0, 0.05) is 25.6 Å². The van der Waals surface area contributed by atoms with Gasteiger partial charge in [0.15, 0.2) is 11.6 Å². The number of hydrogen-bond donors (Lipinski definition) is 2. The van der Waals surface area contributed by atoms with E-state index in [2.05, 4.69) is 5.32 Å². The number of likely N-dealkylation sites (tertiary alicyclic amines) is 1. The Morgan fingerprint density at radius 3 is 2.54 bits per heavy atom. The third-order valence-corrected chi connectivity index (χ3v) is 4.78. The first-order chi connectivity index (χ1) is 13.4. The lowest BCUT2D eigenvalue weighted by Crippen LogP contribution is -2.40. The second-order valence-electron chi connectivity index (χ2n) is 6.35. The van der Waals surface area contributed by atoms with Gasteiger partial charge >= 0.3 is 6.03 Å². The highest BCUT2D eigenvalue weighted by Crippen LogP contribution is 2.28. The molecule has 1 saturated heterocycles. The SMILES string of the molecule is O=C(Nc1c(F)cc(F)c(Cl)c1F)NC(CN1CCCC1=O)c1ccccc1. The molecular weight excluding hydrogens is 395 g/mol. The molecule has 0 spiro atoms. The van der Waals surface area contributed by atoms with Crippen LogP contribution in [0.15, 0.2) is 36.4 Å². The van der Waals surface area contributed by atoms with Gasteiger partial charge in [0.2, 0.25) is 5.91 Å². The average molecular weight is 412 g/mol. The molecule has 3 amide bonds. The van der Waals surface area contributed by atoms with Crippen molar-refractivity contribution in [2.45, 2.75) is 18.9 Å². The van der Waals surface area contributed by atoms with Crippen LogP contribution in [0.1, 0.15) is 24.4 Å². The second-order valence-corrected chi connectivity index (χ2v) is 6.73. The zero-order chi connectivity index (χ0) is 20.3. The number of nitrogens with one attached hydrogen (secondary N) is 2. The average Bonchev–Trinajstić information content (AvgIpc) is 3.08. The quantitative estimate of drug-likeness (QED) is 0.571. The number of carbonyl (C=O) groups is 2. The number of benzene rings is 2. The summed E-state index contributed by atoms with van der Waals surface area (Å²) in [4.78, 5) is 25.9. The first-order valence-electron chi connectivity index (χ1n) is 8.60. The monoisotopic (exact) mass is 411 g/mol. The summed E-state index contributed by atoms with van der Waals surface area (Å²) in [7, 11) is 0. The van der Waals surface area contributed by atoms with Crippen LogP contribution in [0.3, 0.4) is 0 Å². The smallest absolute Gasteiger partial charge is 0.319 e. The van der Waals surface area contributed by atoms with Gasteiger partial charge in [-0.15, -0.1) is 0 Å². The van der Waals surface area contributed by atoms with Gasteiger partial charge in [-0.1, -0.05) is 41.9 Å². The summed E-state index contributed by atoms with van der Waals surface area (Å²) in [5.74, 6) is -3.98. The standard InChI is InChI=1S/C19H17ClF3N3O2/c20-16-12(21)9-13(22)18(17(16)23)25-19(28)24-14(11-5-2-1-3-6-11)10-26-8-4-7-15(26)27/h1-3,5-6,9,14H,4,7-8,10H2,(H2,24,25,28). The molecule has 2 N–H and O–H groups in total. The van der Waals surface area contributed by atoms with Crippen LogP contribution in [0.25, 0.3) is 0 Å². The molecule has 2 aromatic rings.